The van der Waals surface area contributed by atoms with Gasteiger partial charge in [-0.1, -0.05) is 61.9 Å². The van der Waals surface area contributed by atoms with E-state index in [9.17, 15) is 4.79 Å². The molecule has 1 aliphatic rings. The fourth-order valence-corrected chi connectivity index (χ4v) is 5.14. The van der Waals surface area contributed by atoms with Gasteiger partial charge in [-0.15, -0.1) is 0 Å². The molecule has 2 heterocycles. The summed E-state index contributed by atoms with van der Waals surface area (Å²) in [5.41, 5.74) is 5.53. The summed E-state index contributed by atoms with van der Waals surface area (Å²) in [6.45, 7) is 8.61. The molecule has 0 radical (unpaired) electrons. The highest BCUT2D eigenvalue weighted by Gasteiger charge is 2.34. The average molecular weight is 482 g/mol. The lowest BCUT2D eigenvalue weighted by Gasteiger charge is -2.18. The summed E-state index contributed by atoms with van der Waals surface area (Å²) in [6, 6.07) is 24.8. The number of aromatic nitrogens is 2. The zero-order chi connectivity index (χ0) is 25.1. The van der Waals surface area contributed by atoms with Crippen molar-refractivity contribution in [3.63, 3.8) is 0 Å². The van der Waals surface area contributed by atoms with Gasteiger partial charge in [0.05, 0.1) is 17.6 Å². The van der Waals surface area contributed by atoms with Crippen LogP contribution < -0.4 is 9.64 Å². The standard InChI is InChI=1S/C31H35N3O2/c1-4-23(3)26-10-5-8-13-29(26)36-19-9-18-33-28-12-7-6-11-27(28)32-31(33)24-20-30(35)34(21-24)25-16-14-22(2)15-17-25/h5-8,10-17,23-24H,4,9,18-21H2,1-3H3/t23-,24+/m1/s1. The Kier molecular flexibility index (Phi) is 7.08. The topological polar surface area (TPSA) is 47.4 Å². The maximum atomic E-state index is 13.0. The summed E-state index contributed by atoms with van der Waals surface area (Å²) in [6.07, 6.45) is 2.44. The lowest BCUT2D eigenvalue weighted by Crippen LogP contribution is -2.24. The third-order valence-corrected chi connectivity index (χ3v) is 7.37. The zero-order valence-corrected chi connectivity index (χ0v) is 21.5. The van der Waals surface area contributed by atoms with E-state index in [1.807, 2.05) is 29.2 Å². The van der Waals surface area contributed by atoms with Crippen LogP contribution in [0.4, 0.5) is 5.69 Å². The van der Waals surface area contributed by atoms with Gasteiger partial charge in [0.15, 0.2) is 0 Å². The molecule has 2 atom stereocenters. The Bertz CT molecular complexity index is 1340. The number of amides is 1. The number of nitrogens with zero attached hydrogens (tertiary/aromatic N) is 3. The Morgan fingerprint density at radius 1 is 1.03 bits per heavy atom. The van der Waals surface area contributed by atoms with E-state index in [1.165, 1.54) is 11.1 Å². The molecule has 1 saturated heterocycles. The van der Waals surface area contributed by atoms with E-state index in [0.29, 0.717) is 25.5 Å². The molecule has 0 unspecified atom stereocenters. The van der Waals surface area contributed by atoms with Crippen molar-refractivity contribution in [1.29, 1.82) is 0 Å². The van der Waals surface area contributed by atoms with Crippen molar-refractivity contribution >= 4 is 22.6 Å². The summed E-state index contributed by atoms with van der Waals surface area (Å²) in [7, 11) is 0. The van der Waals surface area contributed by atoms with E-state index in [0.717, 1.165) is 47.7 Å². The fourth-order valence-electron chi connectivity index (χ4n) is 5.14. The lowest BCUT2D eigenvalue weighted by atomic mass is 9.98. The minimum absolute atomic E-state index is 0.0678. The van der Waals surface area contributed by atoms with Crippen LogP contribution in [0, 0.1) is 6.92 Å². The van der Waals surface area contributed by atoms with Gasteiger partial charge in [-0.2, -0.15) is 0 Å². The fraction of sp³-hybridized carbons (Fsp3) is 0.355. The SMILES string of the molecule is CC[C@@H](C)c1ccccc1OCCCn1c([C@H]2CC(=O)N(c3ccc(C)cc3)C2)nc2ccccc21. The number of benzene rings is 3. The van der Waals surface area contributed by atoms with Crippen molar-refractivity contribution in [2.24, 2.45) is 0 Å². The Labute approximate surface area is 213 Å². The van der Waals surface area contributed by atoms with E-state index in [2.05, 4.69) is 73.9 Å². The van der Waals surface area contributed by atoms with Crippen LogP contribution in [0.15, 0.2) is 72.8 Å². The molecule has 5 rings (SSSR count). The smallest absolute Gasteiger partial charge is 0.227 e. The summed E-state index contributed by atoms with van der Waals surface area (Å²) < 4.78 is 8.54. The van der Waals surface area contributed by atoms with Gasteiger partial charge in [0.2, 0.25) is 5.91 Å². The molecule has 1 fully saturated rings. The van der Waals surface area contributed by atoms with Crippen LogP contribution in [0.1, 0.15) is 61.9 Å². The number of carbonyl (C=O) groups is 1. The first-order valence-corrected chi connectivity index (χ1v) is 13.1. The van der Waals surface area contributed by atoms with Crippen LogP contribution in [0.25, 0.3) is 11.0 Å². The zero-order valence-electron chi connectivity index (χ0n) is 21.5. The van der Waals surface area contributed by atoms with Crippen LogP contribution in [-0.2, 0) is 11.3 Å². The predicted octanol–water partition coefficient (Wildman–Crippen LogP) is 6.85. The van der Waals surface area contributed by atoms with Crippen molar-refractivity contribution in [2.45, 2.75) is 58.4 Å². The Balaban J connectivity index is 1.33. The Morgan fingerprint density at radius 2 is 1.78 bits per heavy atom. The maximum Gasteiger partial charge on any atom is 0.227 e. The maximum absolute atomic E-state index is 13.0. The summed E-state index contributed by atoms with van der Waals surface area (Å²) in [5, 5.41) is 0. The Morgan fingerprint density at radius 3 is 2.58 bits per heavy atom. The molecule has 0 aliphatic carbocycles. The van der Waals surface area contributed by atoms with E-state index in [1.54, 1.807) is 0 Å². The molecular formula is C31H35N3O2. The number of anilines is 1. The molecule has 1 aromatic heterocycles. The largest absolute Gasteiger partial charge is 0.493 e. The van der Waals surface area contributed by atoms with Gasteiger partial charge in [-0.25, -0.2) is 4.98 Å². The highest BCUT2D eigenvalue weighted by Crippen LogP contribution is 2.34. The molecule has 0 bridgehead atoms. The second kappa shape index (κ2) is 10.6. The third-order valence-electron chi connectivity index (χ3n) is 7.37. The first-order chi connectivity index (χ1) is 17.5. The van der Waals surface area contributed by atoms with Gasteiger partial charge < -0.3 is 14.2 Å². The first kappa shape index (κ1) is 24.1. The number of fused-ring (bicyclic) bond motifs is 1. The van der Waals surface area contributed by atoms with Crippen LogP contribution in [0.5, 0.6) is 5.75 Å². The molecule has 1 amide bonds. The minimum atomic E-state index is 0.0678. The van der Waals surface area contributed by atoms with Crippen molar-refractivity contribution in [2.75, 3.05) is 18.1 Å². The van der Waals surface area contributed by atoms with Crippen LogP contribution >= 0.6 is 0 Å². The quantitative estimate of drug-likeness (QED) is 0.246. The molecule has 0 N–H and O–H groups in total. The van der Waals surface area contributed by atoms with E-state index in [-0.39, 0.29) is 11.8 Å². The Hall–Kier alpha value is -3.60. The van der Waals surface area contributed by atoms with Gasteiger partial charge in [-0.05, 0) is 61.6 Å². The normalized spacial score (nSPS) is 16.6. The van der Waals surface area contributed by atoms with Crippen LogP contribution in [-0.4, -0.2) is 28.6 Å². The van der Waals surface area contributed by atoms with Crippen molar-refractivity contribution in [3.05, 3.63) is 89.7 Å². The number of para-hydroxylation sites is 3. The second-order valence-electron chi connectivity index (χ2n) is 9.90. The average Bonchev–Trinajstić information content (AvgIpc) is 3.47. The number of carbonyl (C=O) groups excluding carboxylic acids is 1. The monoisotopic (exact) mass is 481 g/mol. The molecule has 0 spiro atoms. The number of rotatable bonds is 9. The molecule has 3 aromatic carbocycles. The molecule has 36 heavy (non-hydrogen) atoms. The molecule has 186 valence electrons. The molecule has 5 heteroatoms. The molecule has 4 aromatic rings. The van der Waals surface area contributed by atoms with Crippen molar-refractivity contribution < 1.29 is 9.53 Å². The summed E-state index contributed by atoms with van der Waals surface area (Å²) in [4.78, 5) is 19.9. The van der Waals surface area contributed by atoms with Gasteiger partial charge in [-0.3, -0.25) is 4.79 Å². The van der Waals surface area contributed by atoms with Crippen molar-refractivity contribution in [3.8, 4) is 5.75 Å². The lowest BCUT2D eigenvalue weighted by molar-refractivity contribution is -0.117. The number of aryl methyl sites for hydroxylation is 2. The van der Waals surface area contributed by atoms with Gasteiger partial charge >= 0.3 is 0 Å². The minimum Gasteiger partial charge on any atom is -0.493 e. The highest BCUT2D eigenvalue weighted by molar-refractivity contribution is 5.96. The molecule has 0 saturated carbocycles. The predicted molar refractivity (Wildman–Crippen MR) is 146 cm³/mol. The molecule has 5 nitrogen and oxygen atoms in total. The summed E-state index contributed by atoms with van der Waals surface area (Å²) >= 11 is 0. The van der Waals surface area contributed by atoms with Gasteiger partial charge in [0, 0.05) is 31.1 Å². The van der Waals surface area contributed by atoms with E-state index < -0.39 is 0 Å². The number of hydrogen-bond donors (Lipinski definition) is 0. The first-order valence-electron chi connectivity index (χ1n) is 13.1. The number of imidazole rings is 1. The third kappa shape index (κ3) is 4.88. The molecular weight excluding hydrogens is 446 g/mol. The van der Waals surface area contributed by atoms with Crippen LogP contribution in [0.2, 0.25) is 0 Å². The van der Waals surface area contributed by atoms with E-state index in [4.69, 9.17) is 9.72 Å². The van der Waals surface area contributed by atoms with E-state index >= 15 is 0 Å². The summed E-state index contributed by atoms with van der Waals surface area (Å²) in [5.74, 6) is 2.68. The highest BCUT2D eigenvalue weighted by atomic mass is 16.5. The number of ether oxygens (including phenoxy) is 1. The molecule has 1 aliphatic heterocycles. The van der Waals surface area contributed by atoms with Crippen molar-refractivity contribution in [1.82, 2.24) is 9.55 Å². The van der Waals surface area contributed by atoms with Gasteiger partial charge in [0.1, 0.15) is 11.6 Å². The number of hydrogen-bond acceptors (Lipinski definition) is 3. The second-order valence-corrected chi connectivity index (χ2v) is 9.90. The van der Waals surface area contributed by atoms with Gasteiger partial charge in [0.25, 0.3) is 0 Å². The van der Waals surface area contributed by atoms with Crippen LogP contribution in [0.3, 0.4) is 0 Å².